The van der Waals surface area contributed by atoms with Crippen LogP contribution in [-0.2, 0) is 6.42 Å². The summed E-state index contributed by atoms with van der Waals surface area (Å²) in [6.45, 7) is 0. The lowest BCUT2D eigenvalue weighted by Crippen LogP contribution is -2.19. The number of halogens is 3. The molecule has 0 fully saturated rings. The second kappa shape index (κ2) is 5.89. The molecule has 0 aliphatic rings. The van der Waals surface area contributed by atoms with Gasteiger partial charge in [0.05, 0.1) is 12.5 Å². The Hall–Kier alpha value is -2.03. The van der Waals surface area contributed by atoms with E-state index in [9.17, 15) is 18.0 Å². The van der Waals surface area contributed by atoms with Crippen molar-refractivity contribution in [3.63, 3.8) is 0 Å². The number of alkyl halides is 3. The van der Waals surface area contributed by atoms with Crippen LogP contribution in [0.15, 0.2) is 18.2 Å². The van der Waals surface area contributed by atoms with Gasteiger partial charge in [-0.25, -0.2) is 8.78 Å². The standard InChI is InChI=1S/C11H8F3NO2/c12-10(13)11(14)17-9-4-7(1-2-15)3-8(5-9)6-16/h3-6,10-11H,1H2. The van der Waals surface area contributed by atoms with Crippen molar-refractivity contribution in [3.05, 3.63) is 29.3 Å². The third-order valence-corrected chi connectivity index (χ3v) is 1.85. The number of rotatable bonds is 5. The highest BCUT2D eigenvalue weighted by Gasteiger charge is 2.21. The number of nitriles is 1. The molecule has 0 N–H and O–H groups in total. The SMILES string of the molecule is N#CCc1cc(C=O)cc(OC(F)C(F)F)c1. The predicted octanol–water partition coefficient (Wildman–Crippen LogP) is 2.50. The fourth-order valence-electron chi connectivity index (χ4n) is 1.20. The minimum absolute atomic E-state index is 0.0241. The zero-order chi connectivity index (χ0) is 12.8. The molecule has 0 amide bonds. The third kappa shape index (κ3) is 3.79. The van der Waals surface area contributed by atoms with Gasteiger partial charge in [0.1, 0.15) is 12.0 Å². The van der Waals surface area contributed by atoms with E-state index in [0.717, 1.165) is 6.07 Å². The molecular weight excluding hydrogens is 235 g/mol. The number of hydrogen-bond donors (Lipinski definition) is 0. The monoisotopic (exact) mass is 243 g/mol. The van der Waals surface area contributed by atoms with Crippen LogP contribution in [0.2, 0.25) is 0 Å². The van der Waals surface area contributed by atoms with Crippen molar-refractivity contribution in [3.8, 4) is 11.8 Å². The molecule has 0 aliphatic heterocycles. The molecule has 1 aromatic carbocycles. The van der Waals surface area contributed by atoms with Crippen LogP contribution in [0.4, 0.5) is 13.2 Å². The van der Waals surface area contributed by atoms with Crippen molar-refractivity contribution in [1.82, 2.24) is 0 Å². The Labute approximate surface area is 95.4 Å². The fourth-order valence-corrected chi connectivity index (χ4v) is 1.20. The van der Waals surface area contributed by atoms with Crippen molar-refractivity contribution >= 4 is 6.29 Å². The second-order valence-electron chi connectivity index (χ2n) is 3.17. The molecular formula is C11H8F3NO2. The van der Waals surface area contributed by atoms with Gasteiger partial charge in [-0.3, -0.25) is 4.79 Å². The Morgan fingerprint density at radius 3 is 2.59 bits per heavy atom. The summed E-state index contributed by atoms with van der Waals surface area (Å²) in [6, 6.07) is 5.60. The average Bonchev–Trinajstić information content (AvgIpc) is 2.28. The maximum absolute atomic E-state index is 12.6. The molecule has 17 heavy (non-hydrogen) atoms. The predicted molar refractivity (Wildman–Crippen MR) is 52.7 cm³/mol. The highest BCUT2D eigenvalue weighted by molar-refractivity contribution is 5.76. The summed E-state index contributed by atoms with van der Waals surface area (Å²) in [5, 5.41) is 8.47. The highest BCUT2D eigenvalue weighted by atomic mass is 19.3. The molecule has 1 aromatic rings. The van der Waals surface area contributed by atoms with Crippen LogP contribution >= 0.6 is 0 Å². The lowest BCUT2D eigenvalue weighted by Gasteiger charge is -2.11. The van der Waals surface area contributed by atoms with Crippen molar-refractivity contribution in [2.75, 3.05) is 0 Å². The van der Waals surface area contributed by atoms with Gasteiger partial charge in [-0.1, -0.05) is 0 Å². The summed E-state index contributed by atoms with van der Waals surface area (Å²) in [5.74, 6) is -0.201. The average molecular weight is 243 g/mol. The van der Waals surface area contributed by atoms with Gasteiger partial charge < -0.3 is 4.74 Å². The number of carbonyl (C=O) groups is 1. The van der Waals surface area contributed by atoms with Crippen LogP contribution in [0, 0.1) is 11.3 Å². The summed E-state index contributed by atoms with van der Waals surface area (Å²) < 4.78 is 40.8. The van der Waals surface area contributed by atoms with Crippen LogP contribution in [0.3, 0.4) is 0 Å². The molecule has 3 nitrogen and oxygen atoms in total. The number of ether oxygens (including phenoxy) is 1. The first kappa shape index (κ1) is 13.0. The Morgan fingerprint density at radius 1 is 1.35 bits per heavy atom. The van der Waals surface area contributed by atoms with Gasteiger partial charge in [-0.2, -0.15) is 9.65 Å². The molecule has 1 unspecified atom stereocenters. The molecule has 6 heteroatoms. The first-order valence-corrected chi connectivity index (χ1v) is 4.61. The fraction of sp³-hybridized carbons (Fsp3) is 0.273. The quantitative estimate of drug-likeness (QED) is 0.746. The van der Waals surface area contributed by atoms with Gasteiger partial charge >= 0.3 is 6.43 Å². The van der Waals surface area contributed by atoms with Gasteiger partial charge in [0.2, 0.25) is 0 Å². The van der Waals surface area contributed by atoms with E-state index in [1.807, 2.05) is 6.07 Å². The van der Waals surface area contributed by atoms with E-state index < -0.39 is 12.8 Å². The molecule has 1 rings (SSSR count). The van der Waals surface area contributed by atoms with E-state index in [4.69, 9.17) is 5.26 Å². The molecule has 0 heterocycles. The zero-order valence-corrected chi connectivity index (χ0v) is 8.57. The van der Waals surface area contributed by atoms with Crippen LogP contribution in [-0.4, -0.2) is 19.1 Å². The molecule has 0 bridgehead atoms. The molecule has 0 spiro atoms. The van der Waals surface area contributed by atoms with E-state index in [2.05, 4.69) is 4.74 Å². The maximum Gasteiger partial charge on any atom is 0.304 e. The van der Waals surface area contributed by atoms with Crippen molar-refractivity contribution in [2.24, 2.45) is 0 Å². The Balaban J connectivity index is 2.95. The molecule has 0 saturated carbocycles. The second-order valence-corrected chi connectivity index (χ2v) is 3.17. The number of carbonyl (C=O) groups excluding carboxylic acids is 1. The lowest BCUT2D eigenvalue weighted by molar-refractivity contribution is -0.0669. The number of hydrogen-bond acceptors (Lipinski definition) is 3. The van der Waals surface area contributed by atoms with E-state index in [1.165, 1.54) is 12.1 Å². The Bertz CT molecular complexity index is 443. The molecule has 0 saturated heterocycles. The molecule has 0 radical (unpaired) electrons. The molecule has 1 atom stereocenters. The zero-order valence-electron chi connectivity index (χ0n) is 8.57. The summed E-state index contributed by atoms with van der Waals surface area (Å²) in [5.41, 5.74) is 0.530. The number of nitrogens with zero attached hydrogens (tertiary/aromatic N) is 1. The van der Waals surface area contributed by atoms with E-state index in [0.29, 0.717) is 11.8 Å². The Kier molecular flexibility index (Phi) is 4.52. The van der Waals surface area contributed by atoms with E-state index in [1.54, 1.807) is 0 Å². The molecule has 0 aromatic heterocycles. The highest BCUT2D eigenvalue weighted by Crippen LogP contribution is 2.20. The van der Waals surface area contributed by atoms with Gasteiger partial charge in [-0.15, -0.1) is 0 Å². The van der Waals surface area contributed by atoms with E-state index in [-0.39, 0.29) is 17.7 Å². The van der Waals surface area contributed by atoms with Gasteiger partial charge in [0.15, 0.2) is 0 Å². The van der Waals surface area contributed by atoms with Crippen molar-refractivity contribution in [2.45, 2.75) is 19.2 Å². The van der Waals surface area contributed by atoms with Crippen molar-refractivity contribution < 1.29 is 22.7 Å². The Morgan fingerprint density at radius 2 is 2.06 bits per heavy atom. The maximum atomic E-state index is 12.6. The lowest BCUT2D eigenvalue weighted by atomic mass is 10.1. The van der Waals surface area contributed by atoms with Crippen LogP contribution in [0.5, 0.6) is 5.75 Å². The number of aldehydes is 1. The van der Waals surface area contributed by atoms with Crippen molar-refractivity contribution in [1.29, 1.82) is 5.26 Å². The van der Waals surface area contributed by atoms with Crippen LogP contribution in [0.25, 0.3) is 0 Å². The van der Waals surface area contributed by atoms with Gasteiger partial charge in [0, 0.05) is 5.56 Å². The molecule has 0 aliphatic carbocycles. The summed E-state index contributed by atoms with van der Waals surface area (Å²) in [7, 11) is 0. The van der Waals surface area contributed by atoms with Crippen LogP contribution < -0.4 is 4.74 Å². The van der Waals surface area contributed by atoms with E-state index >= 15 is 0 Å². The minimum Gasteiger partial charge on any atom is -0.454 e. The first-order valence-electron chi connectivity index (χ1n) is 4.61. The summed E-state index contributed by atoms with van der Waals surface area (Å²) >= 11 is 0. The normalized spacial score (nSPS) is 11.9. The third-order valence-electron chi connectivity index (χ3n) is 1.85. The minimum atomic E-state index is -3.27. The molecule has 90 valence electrons. The first-order chi connectivity index (χ1) is 8.06. The summed E-state index contributed by atoms with van der Waals surface area (Å²) in [6.07, 6.45) is -5.59. The van der Waals surface area contributed by atoms with Crippen LogP contribution in [0.1, 0.15) is 15.9 Å². The van der Waals surface area contributed by atoms with Gasteiger partial charge in [-0.05, 0) is 23.8 Å². The topological polar surface area (TPSA) is 50.1 Å². The van der Waals surface area contributed by atoms with Gasteiger partial charge in [0.25, 0.3) is 6.36 Å². The smallest absolute Gasteiger partial charge is 0.304 e. The summed E-state index contributed by atoms with van der Waals surface area (Å²) in [4.78, 5) is 10.6. The number of benzene rings is 1. The largest absolute Gasteiger partial charge is 0.454 e.